The Labute approximate surface area is 362 Å². The molecule has 0 aliphatic heterocycles. The summed E-state index contributed by atoms with van der Waals surface area (Å²) in [7, 11) is 0. The van der Waals surface area contributed by atoms with Crippen LogP contribution in [0.3, 0.4) is 0 Å². The highest BCUT2D eigenvalue weighted by Crippen LogP contribution is 2.85. The largest absolute Gasteiger partial charge is 0.0653 e. The van der Waals surface area contributed by atoms with E-state index in [2.05, 4.69) is 173 Å². The van der Waals surface area contributed by atoms with Gasteiger partial charge in [0.25, 0.3) is 0 Å². The van der Waals surface area contributed by atoms with Gasteiger partial charge in [0.05, 0.1) is 0 Å². The molecular formula is C62H48. The van der Waals surface area contributed by atoms with Gasteiger partial charge in [-0.2, -0.15) is 0 Å². The van der Waals surface area contributed by atoms with Crippen LogP contribution < -0.4 is 0 Å². The number of fused-ring (bicyclic) bond motifs is 17. The molecule has 4 atom stereocenters. The van der Waals surface area contributed by atoms with Gasteiger partial charge in [-0.15, -0.1) is 0 Å². The van der Waals surface area contributed by atoms with E-state index in [9.17, 15) is 0 Å². The van der Waals surface area contributed by atoms with E-state index in [0.717, 1.165) is 38.5 Å². The lowest BCUT2D eigenvalue weighted by Crippen LogP contribution is -2.54. The molecule has 0 spiro atoms. The average molecular weight is 793 g/mol. The van der Waals surface area contributed by atoms with Crippen molar-refractivity contribution in [2.24, 2.45) is 5.41 Å². The van der Waals surface area contributed by atoms with Gasteiger partial charge in [-0.1, -0.05) is 174 Å². The number of rotatable bonds is 6. The van der Waals surface area contributed by atoms with Gasteiger partial charge in [0, 0.05) is 21.7 Å². The van der Waals surface area contributed by atoms with E-state index < -0.39 is 0 Å². The third-order valence-corrected chi connectivity index (χ3v) is 18.1. The van der Waals surface area contributed by atoms with E-state index in [-0.39, 0.29) is 21.7 Å². The van der Waals surface area contributed by atoms with Crippen LogP contribution in [0.25, 0.3) is 97.0 Å². The molecule has 3 aliphatic rings. The molecule has 0 heteroatoms. The first-order valence-corrected chi connectivity index (χ1v) is 23.6. The summed E-state index contributed by atoms with van der Waals surface area (Å²) in [6.45, 7) is 10.1. The molecule has 12 aromatic carbocycles. The molecule has 0 saturated heterocycles. The molecule has 0 saturated carbocycles. The summed E-state index contributed by atoms with van der Waals surface area (Å²) >= 11 is 0. The Balaban J connectivity index is 1.23. The molecule has 0 bridgehead atoms. The van der Waals surface area contributed by atoms with Crippen molar-refractivity contribution in [2.45, 2.75) is 82.5 Å². The molecule has 0 heterocycles. The normalized spacial score (nSPS) is 23.8. The predicted molar refractivity (Wildman–Crippen MR) is 266 cm³/mol. The van der Waals surface area contributed by atoms with E-state index in [4.69, 9.17) is 0 Å². The van der Waals surface area contributed by atoms with E-state index in [1.165, 1.54) is 97.0 Å². The molecule has 0 N–H and O–H groups in total. The zero-order valence-electron chi connectivity index (χ0n) is 36.1. The first-order valence-electron chi connectivity index (χ1n) is 23.6. The molecule has 0 aromatic heterocycles. The topological polar surface area (TPSA) is 0 Å². The summed E-state index contributed by atoms with van der Waals surface area (Å²) in [5.74, 6) is 0. The van der Waals surface area contributed by atoms with Crippen molar-refractivity contribution in [3.05, 3.63) is 179 Å². The number of hydrogen-bond acceptors (Lipinski definition) is 0. The van der Waals surface area contributed by atoms with Gasteiger partial charge >= 0.3 is 0 Å². The summed E-state index contributed by atoms with van der Waals surface area (Å²) in [4.78, 5) is 0. The summed E-state index contributed by atoms with van der Waals surface area (Å²) in [6.07, 6.45) is 6.89. The van der Waals surface area contributed by atoms with Gasteiger partial charge in [0.2, 0.25) is 0 Å². The van der Waals surface area contributed by atoms with Gasteiger partial charge in [-0.25, -0.2) is 0 Å². The third-order valence-electron chi connectivity index (χ3n) is 18.1. The Hall–Kier alpha value is -6.24. The van der Waals surface area contributed by atoms with E-state index in [0.29, 0.717) is 0 Å². The van der Waals surface area contributed by atoms with Crippen molar-refractivity contribution in [2.75, 3.05) is 0 Å². The molecule has 0 fully saturated rings. The van der Waals surface area contributed by atoms with E-state index in [1.807, 2.05) is 0 Å². The van der Waals surface area contributed by atoms with Crippen molar-refractivity contribution < 1.29 is 0 Å². The molecule has 0 amide bonds. The smallest absolute Gasteiger partial charge is 0.0286 e. The van der Waals surface area contributed by atoms with Gasteiger partial charge in [-0.3, -0.25) is 0 Å². The van der Waals surface area contributed by atoms with E-state index >= 15 is 0 Å². The van der Waals surface area contributed by atoms with Crippen molar-refractivity contribution in [1.82, 2.24) is 0 Å². The second kappa shape index (κ2) is 11.0. The first kappa shape index (κ1) is 34.4. The highest BCUT2D eigenvalue weighted by molar-refractivity contribution is 6.52. The van der Waals surface area contributed by atoms with Gasteiger partial charge in [-0.05, 0) is 168 Å². The molecular weight excluding hydrogens is 745 g/mol. The SMILES string of the molecule is CCCC12c3ccccc3[C@@]3(CCC)c4cc5c(cc4[C@@](CCC)(c4ccccc41)[C@@]23C)c1cccc2c3cccc4c6cccc7c8ccccc8c8cc5c(c12)c(c43)c8c76. The van der Waals surface area contributed by atoms with Crippen molar-refractivity contribution in [3.8, 4) is 0 Å². The number of hydrogen-bond donors (Lipinski definition) is 0. The van der Waals surface area contributed by atoms with E-state index in [1.54, 1.807) is 33.4 Å². The summed E-state index contributed by atoms with van der Waals surface area (Å²) in [6, 6.07) is 58.5. The molecule has 3 aliphatic carbocycles. The fraction of sp³-hybridized carbons (Fsp3) is 0.226. The lowest BCUT2D eigenvalue weighted by Gasteiger charge is -2.53. The summed E-state index contributed by atoms with van der Waals surface area (Å²) < 4.78 is 0. The molecule has 296 valence electrons. The quantitative estimate of drug-likeness (QED) is 0.116. The maximum Gasteiger partial charge on any atom is 0.0286 e. The van der Waals surface area contributed by atoms with Crippen LogP contribution in [-0.4, -0.2) is 0 Å². The zero-order chi connectivity index (χ0) is 41.1. The second-order valence-corrected chi connectivity index (χ2v) is 20.0. The standard InChI is InChI=1S/C62H48/c1-5-29-60-47-25-10-12-27-49(47)61(30-6-2)51-33-43-42-24-16-21-39-41-23-15-22-40-38-20-14-19-37-35-17-8-9-18-36(35)45-32-46(57(54(39)42)58(55(40)41)56(45)53(37)38)44(43)34-52(51)62(31-7-3,59(60,61)4)50-28-13-11-26-48(50)60/h8-28,32-34H,5-7,29-31H2,1-4H3/t59-,60?,61-,62+/m1/s1. The van der Waals surface area contributed by atoms with Crippen LogP contribution in [0.1, 0.15) is 99.6 Å². The zero-order valence-corrected chi connectivity index (χ0v) is 36.1. The average Bonchev–Trinajstić information content (AvgIpc) is 3.72. The lowest BCUT2D eigenvalue weighted by atomic mass is 9.48. The second-order valence-electron chi connectivity index (χ2n) is 20.0. The molecule has 0 nitrogen and oxygen atoms in total. The molecule has 1 unspecified atom stereocenters. The minimum absolute atomic E-state index is 0.0812. The third kappa shape index (κ3) is 3.21. The maximum absolute atomic E-state index is 2.81. The monoisotopic (exact) mass is 792 g/mol. The molecule has 15 rings (SSSR count). The van der Waals surface area contributed by atoms with Gasteiger partial charge in [0.1, 0.15) is 0 Å². The number of benzene rings is 12. The van der Waals surface area contributed by atoms with Crippen LogP contribution in [-0.2, 0) is 16.2 Å². The van der Waals surface area contributed by atoms with Crippen LogP contribution >= 0.6 is 0 Å². The highest BCUT2D eigenvalue weighted by atomic mass is 14.8. The van der Waals surface area contributed by atoms with Crippen molar-refractivity contribution >= 4 is 97.0 Å². The Morgan fingerprint density at radius 3 is 1.02 bits per heavy atom. The maximum atomic E-state index is 2.81. The van der Waals surface area contributed by atoms with Crippen LogP contribution in [0, 0.1) is 5.41 Å². The van der Waals surface area contributed by atoms with Gasteiger partial charge in [0.15, 0.2) is 0 Å². The Kier molecular flexibility index (Phi) is 6.12. The van der Waals surface area contributed by atoms with Gasteiger partial charge < -0.3 is 0 Å². The first-order chi connectivity index (χ1) is 30.5. The Bertz CT molecular complexity index is 3940. The molecule has 0 radical (unpaired) electrons. The summed E-state index contributed by atoms with van der Waals surface area (Å²) in [5, 5.41) is 25.3. The van der Waals surface area contributed by atoms with Crippen LogP contribution in [0.4, 0.5) is 0 Å². The predicted octanol–water partition coefficient (Wildman–Crippen LogP) is 17.0. The lowest BCUT2D eigenvalue weighted by molar-refractivity contribution is 0.0540. The van der Waals surface area contributed by atoms with Crippen LogP contribution in [0.15, 0.2) is 146 Å². The molecule has 62 heavy (non-hydrogen) atoms. The van der Waals surface area contributed by atoms with Crippen molar-refractivity contribution in [3.63, 3.8) is 0 Å². The minimum Gasteiger partial charge on any atom is -0.0653 e. The van der Waals surface area contributed by atoms with Crippen LogP contribution in [0.5, 0.6) is 0 Å². The van der Waals surface area contributed by atoms with Crippen LogP contribution in [0.2, 0.25) is 0 Å². The highest BCUT2D eigenvalue weighted by Gasteiger charge is 2.82. The summed E-state index contributed by atoms with van der Waals surface area (Å²) in [5.41, 5.74) is 9.18. The minimum atomic E-state index is -0.145. The fourth-order valence-electron chi connectivity index (χ4n) is 16.7. The Morgan fingerprint density at radius 2 is 0.581 bits per heavy atom. The molecule has 12 aromatic rings. The Morgan fingerprint density at radius 1 is 0.274 bits per heavy atom. The fourth-order valence-corrected chi connectivity index (χ4v) is 16.7. The van der Waals surface area contributed by atoms with Crippen molar-refractivity contribution in [1.29, 1.82) is 0 Å².